The summed E-state index contributed by atoms with van der Waals surface area (Å²) in [5.41, 5.74) is 0. The molecule has 0 aliphatic heterocycles. The lowest BCUT2D eigenvalue weighted by molar-refractivity contribution is -0.152. The fourth-order valence-corrected chi connectivity index (χ4v) is 2.84. The highest BCUT2D eigenvalue weighted by Crippen LogP contribution is 2.26. The van der Waals surface area contributed by atoms with Crippen LogP contribution < -0.4 is 0 Å². The monoisotopic (exact) mass is 313 g/mol. The van der Waals surface area contributed by atoms with E-state index in [1.165, 1.54) is 13.0 Å². The van der Waals surface area contributed by atoms with Crippen LogP contribution in [0.15, 0.2) is 12.1 Å². The third kappa shape index (κ3) is 4.78. The Balaban J connectivity index is 2.88. The smallest absolute Gasteiger partial charge is 0.291 e. The molecule has 0 N–H and O–H groups in total. The molecule has 0 bridgehead atoms. The van der Waals surface area contributed by atoms with E-state index >= 15 is 0 Å². The molecule has 0 fully saturated rings. The van der Waals surface area contributed by atoms with E-state index in [0.29, 0.717) is 9.21 Å². The average Bonchev–Trinajstić information content (AvgIpc) is 2.69. The Hall–Kier alpha value is -0.590. The lowest BCUT2D eigenvalue weighted by Crippen LogP contribution is -2.47. The Kier molecular flexibility index (Phi) is 5.41. The van der Waals surface area contributed by atoms with Crippen molar-refractivity contribution < 1.29 is 18.0 Å². The largest absolute Gasteiger partial charge is 0.401 e. The molecule has 1 unspecified atom stereocenters. The van der Waals surface area contributed by atoms with Gasteiger partial charge < -0.3 is 0 Å². The number of hydrogen-bond donors (Lipinski definition) is 0. The highest BCUT2D eigenvalue weighted by atomic mass is 35.5. The lowest BCUT2D eigenvalue weighted by atomic mass is 10.1. The molecule has 0 aliphatic rings. The summed E-state index contributed by atoms with van der Waals surface area (Å²) in [5.74, 6) is -0.338. The van der Waals surface area contributed by atoms with Crippen LogP contribution in [-0.4, -0.2) is 35.5 Å². The van der Waals surface area contributed by atoms with E-state index in [2.05, 4.69) is 0 Å². The Morgan fingerprint density at radius 3 is 2.32 bits per heavy atom. The summed E-state index contributed by atoms with van der Waals surface area (Å²) in [5, 5.41) is 0. The van der Waals surface area contributed by atoms with Crippen LogP contribution in [0, 0.1) is 0 Å². The molecule has 1 aromatic rings. The second-order valence-corrected chi connectivity index (χ2v) is 6.24. The number of rotatable bonds is 5. The molecule has 0 aromatic carbocycles. The van der Waals surface area contributed by atoms with Crippen LogP contribution in [0.4, 0.5) is 13.2 Å². The molecule has 7 heteroatoms. The molecule has 1 rings (SSSR count). The summed E-state index contributed by atoms with van der Waals surface area (Å²) in [6.07, 6.45) is -4.33. The van der Waals surface area contributed by atoms with Crippen molar-refractivity contribution in [2.24, 2.45) is 0 Å². The van der Waals surface area contributed by atoms with Crippen LogP contribution in [0.25, 0.3) is 0 Å². The van der Waals surface area contributed by atoms with Gasteiger partial charge in [-0.1, -0.05) is 11.6 Å². The van der Waals surface area contributed by atoms with E-state index in [1.54, 1.807) is 19.9 Å². The quantitative estimate of drug-likeness (QED) is 0.758. The first-order valence-corrected chi connectivity index (χ1v) is 6.93. The SMILES string of the molecule is CC(C)N(CC(F)(F)F)C(C)C(=O)c1ccc(Cl)s1. The van der Waals surface area contributed by atoms with Crippen LogP contribution in [0.1, 0.15) is 30.4 Å². The van der Waals surface area contributed by atoms with Gasteiger partial charge in [-0.3, -0.25) is 9.69 Å². The first-order valence-electron chi connectivity index (χ1n) is 5.74. The molecular formula is C12H15ClF3NOS. The molecule has 1 heterocycles. The number of alkyl halides is 3. The minimum atomic E-state index is -4.33. The highest BCUT2D eigenvalue weighted by Gasteiger charge is 2.36. The van der Waals surface area contributed by atoms with Crippen LogP contribution in [0.3, 0.4) is 0 Å². The second-order valence-electron chi connectivity index (χ2n) is 4.53. The van der Waals surface area contributed by atoms with Crippen molar-refractivity contribution in [1.82, 2.24) is 4.90 Å². The Morgan fingerprint density at radius 2 is 1.95 bits per heavy atom. The molecule has 1 atom stereocenters. The van der Waals surface area contributed by atoms with Crippen molar-refractivity contribution >= 4 is 28.7 Å². The molecule has 0 aliphatic carbocycles. The van der Waals surface area contributed by atoms with E-state index < -0.39 is 18.8 Å². The molecule has 19 heavy (non-hydrogen) atoms. The van der Waals surface area contributed by atoms with Crippen molar-refractivity contribution in [3.63, 3.8) is 0 Å². The number of Topliss-reactive ketones (excluding diaryl/α,β-unsaturated/α-hetero) is 1. The summed E-state index contributed by atoms with van der Waals surface area (Å²) >= 11 is 6.81. The minimum absolute atomic E-state index is 0.338. The van der Waals surface area contributed by atoms with Gasteiger partial charge >= 0.3 is 6.18 Å². The number of carbonyl (C=O) groups excluding carboxylic acids is 1. The normalized spacial score (nSPS) is 14.2. The van der Waals surface area contributed by atoms with Gasteiger partial charge in [0, 0.05) is 6.04 Å². The first kappa shape index (κ1) is 16.5. The number of halogens is 4. The van der Waals surface area contributed by atoms with Gasteiger partial charge in [0.05, 0.1) is 21.8 Å². The predicted octanol–water partition coefficient (Wildman–Crippen LogP) is 4.25. The van der Waals surface area contributed by atoms with Crippen LogP contribution >= 0.6 is 22.9 Å². The predicted molar refractivity (Wildman–Crippen MR) is 71.0 cm³/mol. The number of hydrogen-bond acceptors (Lipinski definition) is 3. The van der Waals surface area contributed by atoms with Gasteiger partial charge in [-0.2, -0.15) is 13.2 Å². The van der Waals surface area contributed by atoms with E-state index in [9.17, 15) is 18.0 Å². The third-order valence-corrected chi connectivity index (χ3v) is 3.96. The van der Waals surface area contributed by atoms with Crippen LogP contribution in [-0.2, 0) is 0 Å². The summed E-state index contributed by atoms with van der Waals surface area (Å²) < 4.78 is 38.0. The minimum Gasteiger partial charge on any atom is -0.291 e. The summed E-state index contributed by atoms with van der Waals surface area (Å²) in [6, 6.07) is 1.89. The maximum absolute atomic E-state index is 12.5. The molecule has 0 radical (unpaired) electrons. The zero-order valence-corrected chi connectivity index (χ0v) is 12.4. The number of carbonyl (C=O) groups is 1. The summed E-state index contributed by atoms with van der Waals surface area (Å²) in [7, 11) is 0. The van der Waals surface area contributed by atoms with Crippen LogP contribution in [0.5, 0.6) is 0 Å². The first-order chi connectivity index (χ1) is 8.61. The third-order valence-electron chi connectivity index (χ3n) is 2.72. The van der Waals surface area contributed by atoms with Crippen molar-refractivity contribution in [1.29, 1.82) is 0 Å². The summed E-state index contributed by atoms with van der Waals surface area (Å²) in [4.78, 5) is 13.6. The topological polar surface area (TPSA) is 20.3 Å². The zero-order valence-electron chi connectivity index (χ0n) is 10.8. The van der Waals surface area contributed by atoms with Gasteiger partial charge in [0.2, 0.25) is 0 Å². The van der Waals surface area contributed by atoms with Crippen molar-refractivity contribution in [3.8, 4) is 0 Å². The average molecular weight is 314 g/mol. The Morgan fingerprint density at radius 1 is 1.37 bits per heavy atom. The van der Waals surface area contributed by atoms with E-state index in [0.717, 1.165) is 16.2 Å². The van der Waals surface area contributed by atoms with Crippen molar-refractivity contribution in [3.05, 3.63) is 21.3 Å². The molecular weight excluding hydrogens is 299 g/mol. The Bertz CT molecular complexity index is 444. The maximum atomic E-state index is 12.5. The summed E-state index contributed by atoms with van der Waals surface area (Å²) in [6.45, 7) is 3.66. The van der Waals surface area contributed by atoms with Crippen LogP contribution in [0.2, 0.25) is 4.34 Å². The molecule has 0 saturated heterocycles. The fraction of sp³-hybridized carbons (Fsp3) is 0.583. The molecule has 0 spiro atoms. The van der Waals surface area contributed by atoms with Gasteiger partial charge in [0.15, 0.2) is 5.78 Å². The molecule has 108 valence electrons. The maximum Gasteiger partial charge on any atom is 0.401 e. The Labute approximate surface area is 119 Å². The molecule has 0 saturated carbocycles. The fourth-order valence-electron chi connectivity index (χ4n) is 1.78. The van der Waals surface area contributed by atoms with Gasteiger partial charge in [-0.25, -0.2) is 0 Å². The molecule has 1 aromatic heterocycles. The van der Waals surface area contributed by atoms with Gasteiger partial charge in [-0.15, -0.1) is 11.3 Å². The number of thiophene rings is 1. The van der Waals surface area contributed by atoms with E-state index in [1.807, 2.05) is 0 Å². The van der Waals surface area contributed by atoms with Gasteiger partial charge in [-0.05, 0) is 32.9 Å². The van der Waals surface area contributed by atoms with E-state index in [-0.39, 0.29) is 11.8 Å². The number of nitrogens with zero attached hydrogens (tertiary/aromatic N) is 1. The number of ketones is 1. The lowest BCUT2D eigenvalue weighted by Gasteiger charge is -2.32. The molecule has 2 nitrogen and oxygen atoms in total. The van der Waals surface area contributed by atoms with Crippen molar-refractivity contribution in [2.45, 2.75) is 39.0 Å². The second kappa shape index (κ2) is 6.24. The van der Waals surface area contributed by atoms with E-state index in [4.69, 9.17) is 11.6 Å². The highest BCUT2D eigenvalue weighted by molar-refractivity contribution is 7.18. The van der Waals surface area contributed by atoms with Crippen molar-refractivity contribution in [2.75, 3.05) is 6.54 Å². The van der Waals surface area contributed by atoms with Gasteiger partial charge in [0.25, 0.3) is 0 Å². The molecule has 0 amide bonds. The standard InChI is InChI=1S/C12H15ClF3NOS/c1-7(2)17(6-12(14,15)16)8(3)11(18)9-4-5-10(13)19-9/h4-5,7-8H,6H2,1-3H3. The zero-order chi connectivity index (χ0) is 14.8. The van der Waals surface area contributed by atoms with Gasteiger partial charge in [0.1, 0.15) is 0 Å².